The quantitative estimate of drug-likeness (QED) is 0.441. The van der Waals surface area contributed by atoms with Crippen LogP contribution in [0.5, 0.6) is 0 Å². The first-order chi connectivity index (χ1) is 13.2. The van der Waals surface area contributed by atoms with Crippen molar-refractivity contribution in [1.29, 1.82) is 5.26 Å². The lowest BCUT2D eigenvalue weighted by atomic mass is 9.98. The van der Waals surface area contributed by atoms with Gasteiger partial charge >= 0.3 is 0 Å². The summed E-state index contributed by atoms with van der Waals surface area (Å²) in [6, 6.07) is 25.6. The Morgan fingerprint density at radius 3 is 2.26 bits per heavy atom. The molecule has 0 aliphatic carbocycles. The van der Waals surface area contributed by atoms with Crippen LogP contribution in [0.15, 0.2) is 79.0 Å². The highest BCUT2D eigenvalue weighted by Gasteiger charge is 2.17. The van der Waals surface area contributed by atoms with Gasteiger partial charge in [0.2, 0.25) is 0 Å². The van der Waals surface area contributed by atoms with E-state index in [1.54, 1.807) is 12.1 Å². The number of nitriles is 1. The van der Waals surface area contributed by atoms with Gasteiger partial charge in [0.05, 0.1) is 29.2 Å². The van der Waals surface area contributed by atoms with Gasteiger partial charge in [-0.1, -0.05) is 48.0 Å². The number of nitrogens with zero attached hydrogens (tertiary/aromatic N) is 3. The topological polar surface area (TPSA) is 41.6 Å². The molecular weight excluding hydrogens is 354 g/mol. The molecule has 1 aromatic heterocycles. The van der Waals surface area contributed by atoms with E-state index < -0.39 is 0 Å². The van der Waals surface area contributed by atoms with Gasteiger partial charge in [-0.05, 0) is 54.4 Å². The third kappa shape index (κ3) is 3.23. The fraction of sp³-hybridized carbons (Fsp3) is 0.0435. The molecule has 4 rings (SSSR count). The number of rotatable bonds is 3. The van der Waals surface area contributed by atoms with Crippen LogP contribution in [-0.4, -0.2) is 9.78 Å². The number of hydrogen-bond acceptors (Lipinski definition) is 2. The maximum Gasteiger partial charge on any atom is 0.0991 e. The third-order valence-corrected chi connectivity index (χ3v) is 4.82. The normalized spacial score (nSPS) is 10.6. The van der Waals surface area contributed by atoms with E-state index in [-0.39, 0.29) is 0 Å². The van der Waals surface area contributed by atoms with Gasteiger partial charge in [0, 0.05) is 16.1 Å². The Labute approximate surface area is 163 Å². The summed E-state index contributed by atoms with van der Waals surface area (Å²) in [5, 5.41) is 14.4. The molecule has 27 heavy (non-hydrogen) atoms. The minimum absolute atomic E-state index is 0.626. The van der Waals surface area contributed by atoms with E-state index in [0.717, 1.165) is 28.1 Å². The number of benzene rings is 3. The van der Waals surface area contributed by atoms with E-state index >= 15 is 0 Å². The first-order valence-electron chi connectivity index (χ1n) is 8.58. The second-order valence-electron chi connectivity index (χ2n) is 6.30. The molecule has 4 aromatic rings. The summed E-state index contributed by atoms with van der Waals surface area (Å²) < 4.78 is 1.92. The molecule has 3 nitrogen and oxygen atoms in total. The molecule has 0 fully saturated rings. The van der Waals surface area contributed by atoms with Crippen LogP contribution in [-0.2, 0) is 0 Å². The number of aryl methyl sites for hydroxylation is 1. The van der Waals surface area contributed by atoms with Crippen LogP contribution in [0.3, 0.4) is 0 Å². The van der Waals surface area contributed by atoms with Gasteiger partial charge in [-0.3, -0.25) is 0 Å². The van der Waals surface area contributed by atoms with Crippen LogP contribution < -0.4 is 0 Å². The second kappa shape index (κ2) is 7.11. The van der Waals surface area contributed by atoms with Crippen molar-refractivity contribution in [2.24, 2.45) is 0 Å². The summed E-state index contributed by atoms with van der Waals surface area (Å²) in [7, 11) is 0. The Morgan fingerprint density at radius 1 is 0.889 bits per heavy atom. The zero-order chi connectivity index (χ0) is 18.8. The monoisotopic (exact) mass is 369 g/mol. The summed E-state index contributed by atoms with van der Waals surface area (Å²) in [6.07, 6.45) is 1.88. The first-order valence-corrected chi connectivity index (χ1v) is 8.95. The summed E-state index contributed by atoms with van der Waals surface area (Å²) in [5.41, 5.74) is 6.92. The highest BCUT2D eigenvalue weighted by molar-refractivity contribution is 6.30. The van der Waals surface area contributed by atoms with Crippen LogP contribution >= 0.6 is 11.6 Å². The van der Waals surface area contributed by atoms with Gasteiger partial charge in [0.1, 0.15) is 0 Å². The molecule has 0 N–H and O–H groups in total. The molecule has 0 bridgehead atoms. The van der Waals surface area contributed by atoms with Crippen molar-refractivity contribution in [3.05, 3.63) is 95.1 Å². The lowest BCUT2D eigenvalue weighted by molar-refractivity contribution is 0.887. The molecule has 0 saturated carbocycles. The van der Waals surface area contributed by atoms with Crippen LogP contribution in [0, 0.1) is 18.3 Å². The minimum Gasteiger partial charge on any atom is -0.232 e. The van der Waals surface area contributed by atoms with E-state index in [1.165, 1.54) is 5.56 Å². The second-order valence-corrected chi connectivity index (χ2v) is 6.74. The van der Waals surface area contributed by atoms with Gasteiger partial charge in [0.25, 0.3) is 0 Å². The molecule has 0 aliphatic heterocycles. The van der Waals surface area contributed by atoms with E-state index in [2.05, 4.69) is 30.2 Å². The average Bonchev–Trinajstić information content (AvgIpc) is 3.14. The third-order valence-electron chi connectivity index (χ3n) is 4.57. The number of hydrogen-bond donors (Lipinski definition) is 0. The molecule has 1 heterocycles. The SMILES string of the molecule is Cc1ccccc1-c1c(-c2ccc(Cl)cc2)cnn1-c1ccc(C#N)cc1. The van der Waals surface area contributed by atoms with E-state index in [1.807, 2.05) is 59.4 Å². The zero-order valence-electron chi connectivity index (χ0n) is 14.7. The Bertz CT molecular complexity index is 1130. The van der Waals surface area contributed by atoms with Crippen molar-refractivity contribution < 1.29 is 0 Å². The Kier molecular flexibility index (Phi) is 4.50. The molecule has 4 heteroatoms. The van der Waals surface area contributed by atoms with Gasteiger partial charge < -0.3 is 0 Å². The van der Waals surface area contributed by atoms with Crippen LogP contribution in [0.2, 0.25) is 5.02 Å². The summed E-state index contributed by atoms with van der Waals surface area (Å²) in [6.45, 7) is 2.09. The lowest BCUT2D eigenvalue weighted by Gasteiger charge is -2.13. The van der Waals surface area contributed by atoms with Crippen molar-refractivity contribution in [3.8, 4) is 34.1 Å². The zero-order valence-corrected chi connectivity index (χ0v) is 15.5. The molecule has 3 aromatic carbocycles. The molecular formula is C23H16ClN3. The van der Waals surface area contributed by atoms with Crippen molar-refractivity contribution in [2.45, 2.75) is 6.92 Å². The Hall–Kier alpha value is -3.35. The standard InChI is InChI=1S/C23H16ClN3/c1-16-4-2-3-5-21(16)23-22(18-8-10-19(24)11-9-18)15-26-27(23)20-12-6-17(14-25)7-13-20/h2-13,15H,1H3. The van der Waals surface area contributed by atoms with Crippen molar-refractivity contribution in [2.75, 3.05) is 0 Å². The van der Waals surface area contributed by atoms with Crippen LogP contribution in [0.4, 0.5) is 0 Å². The van der Waals surface area contributed by atoms with Crippen molar-refractivity contribution in [3.63, 3.8) is 0 Å². The fourth-order valence-corrected chi connectivity index (χ4v) is 3.29. The maximum absolute atomic E-state index is 9.06. The molecule has 0 aliphatic rings. The first kappa shape index (κ1) is 17.1. The van der Waals surface area contributed by atoms with Crippen molar-refractivity contribution in [1.82, 2.24) is 9.78 Å². The smallest absolute Gasteiger partial charge is 0.0991 e. The predicted molar refractivity (Wildman–Crippen MR) is 109 cm³/mol. The van der Waals surface area contributed by atoms with Crippen LogP contribution in [0.25, 0.3) is 28.1 Å². The highest BCUT2D eigenvalue weighted by atomic mass is 35.5. The average molecular weight is 370 g/mol. The van der Waals surface area contributed by atoms with Gasteiger partial charge in [-0.25, -0.2) is 4.68 Å². The predicted octanol–water partition coefficient (Wildman–Crippen LogP) is 6.04. The van der Waals surface area contributed by atoms with E-state index in [4.69, 9.17) is 16.9 Å². The van der Waals surface area contributed by atoms with Crippen LogP contribution in [0.1, 0.15) is 11.1 Å². The number of halogens is 1. The van der Waals surface area contributed by atoms with Gasteiger partial charge in [-0.2, -0.15) is 10.4 Å². The largest absolute Gasteiger partial charge is 0.232 e. The Morgan fingerprint density at radius 2 is 1.59 bits per heavy atom. The van der Waals surface area contributed by atoms with Crippen molar-refractivity contribution >= 4 is 11.6 Å². The Balaban J connectivity index is 1.96. The molecule has 0 saturated heterocycles. The van der Waals surface area contributed by atoms with Gasteiger partial charge in [0.15, 0.2) is 0 Å². The number of aromatic nitrogens is 2. The van der Waals surface area contributed by atoms with E-state index in [9.17, 15) is 0 Å². The molecule has 0 radical (unpaired) electrons. The fourth-order valence-electron chi connectivity index (χ4n) is 3.16. The highest BCUT2D eigenvalue weighted by Crippen LogP contribution is 2.35. The molecule has 0 unspecified atom stereocenters. The van der Waals surface area contributed by atoms with E-state index in [0.29, 0.717) is 10.6 Å². The summed E-state index contributed by atoms with van der Waals surface area (Å²) in [4.78, 5) is 0. The maximum atomic E-state index is 9.06. The molecule has 0 spiro atoms. The summed E-state index contributed by atoms with van der Waals surface area (Å²) in [5.74, 6) is 0. The lowest BCUT2D eigenvalue weighted by Crippen LogP contribution is -2.00. The van der Waals surface area contributed by atoms with Gasteiger partial charge in [-0.15, -0.1) is 0 Å². The molecule has 130 valence electrons. The molecule has 0 atom stereocenters. The summed E-state index contributed by atoms with van der Waals surface area (Å²) >= 11 is 6.06. The minimum atomic E-state index is 0.626. The molecule has 0 amide bonds.